The largest absolute Gasteiger partial charge is 0.465 e. The number of nitrogen functional groups attached to an aromatic ring is 1. The molecule has 1 saturated heterocycles. The molecule has 2 heterocycles. The monoisotopic (exact) mass is 345 g/mol. The van der Waals surface area contributed by atoms with Gasteiger partial charge in [0.25, 0.3) is 0 Å². The number of nitrogens with zero attached hydrogens (tertiary/aromatic N) is 4. The number of amides is 1. The summed E-state index contributed by atoms with van der Waals surface area (Å²) in [6, 6.07) is 0.00959. The average Bonchev–Trinajstić information content (AvgIpc) is 3.10. The van der Waals surface area contributed by atoms with Crippen LogP contribution in [0.3, 0.4) is 0 Å². The SMILES string of the molecule is CN(C(=O)O)C1CCN(c2nc(N)nc3c2CCC2CCCCC32)C1. The summed E-state index contributed by atoms with van der Waals surface area (Å²) in [7, 11) is 1.65. The minimum atomic E-state index is -0.874. The first-order valence-corrected chi connectivity index (χ1v) is 9.41. The molecule has 0 bridgehead atoms. The van der Waals surface area contributed by atoms with Crippen LogP contribution >= 0.6 is 0 Å². The van der Waals surface area contributed by atoms with E-state index in [1.807, 2.05) is 0 Å². The molecule has 1 saturated carbocycles. The maximum atomic E-state index is 11.2. The normalized spacial score (nSPS) is 28.4. The Morgan fingerprint density at radius 3 is 2.84 bits per heavy atom. The van der Waals surface area contributed by atoms with Gasteiger partial charge in [0, 0.05) is 31.6 Å². The molecule has 2 aliphatic carbocycles. The summed E-state index contributed by atoms with van der Waals surface area (Å²) >= 11 is 0. The summed E-state index contributed by atoms with van der Waals surface area (Å²) in [6.07, 6.45) is 7.30. The predicted molar refractivity (Wildman–Crippen MR) is 95.9 cm³/mol. The molecule has 4 rings (SSSR count). The van der Waals surface area contributed by atoms with E-state index in [0.717, 1.165) is 31.1 Å². The molecular weight excluding hydrogens is 318 g/mol. The first-order chi connectivity index (χ1) is 12.0. The molecule has 3 aliphatic rings. The van der Waals surface area contributed by atoms with E-state index in [1.165, 1.54) is 48.3 Å². The van der Waals surface area contributed by atoms with Crippen LogP contribution in [0.25, 0.3) is 0 Å². The Bertz CT molecular complexity index is 680. The second-order valence-corrected chi connectivity index (χ2v) is 7.74. The average molecular weight is 345 g/mol. The van der Waals surface area contributed by atoms with Crippen molar-refractivity contribution in [3.63, 3.8) is 0 Å². The lowest BCUT2D eigenvalue weighted by atomic mass is 9.70. The number of carbonyl (C=O) groups is 1. The Morgan fingerprint density at radius 2 is 2.04 bits per heavy atom. The van der Waals surface area contributed by atoms with Gasteiger partial charge in [0.1, 0.15) is 5.82 Å². The van der Waals surface area contributed by atoms with E-state index in [9.17, 15) is 9.90 Å². The number of hydrogen-bond donors (Lipinski definition) is 2. The Hall–Kier alpha value is -2.05. The van der Waals surface area contributed by atoms with Crippen LogP contribution in [-0.2, 0) is 6.42 Å². The molecule has 0 aromatic carbocycles. The van der Waals surface area contributed by atoms with Gasteiger partial charge in [0.2, 0.25) is 5.95 Å². The molecule has 7 nitrogen and oxygen atoms in total. The molecular formula is C18H27N5O2. The van der Waals surface area contributed by atoms with Crippen molar-refractivity contribution in [2.75, 3.05) is 30.8 Å². The number of aromatic nitrogens is 2. The Kier molecular flexibility index (Phi) is 4.17. The van der Waals surface area contributed by atoms with E-state index in [4.69, 9.17) is 5.73 Å². The van der Waals surface area contributed by atoms with Crippen LogP contribution in [-0.4, -0.2) is 52.2 Å². The highest BCUT2D eigenvalue weighted by atomic mass is 16.4. The third-order valence-electron chi connectivity index (χ3n) is 6.37. The lowest BCUT2D eigenvalue weighted by Gasteiger charge is -2.37. The minimum absolute atomic E-state index is 0.00959. The van der Waals surface area contributed by atoms with Gasteiger partial charge in [-0.2, -0.15) is 4.98 Å². The Balaban J connectivity index is 1.63. The molecule has 0 spiro atoms. The fourth-order valence-corrected chi connectivity index (χ4v) is 4.96. The Labute approximate surface area is 148 Å². The van der Waals surface area contributed by atoms with Crippen LogP contribution in [0.1, 0.15) is 55.7 Å². The van der Waals surface area contributed by atoms with Gasteiger partial charge in [0.05, 0.1) is 11.7 Å². The molecule has 3 unspecified atom stereocenters. The van der Waals surface area contributed by atoms with Gasteiger partial charge in [-0.15, -0.1) is 0 Å². The van der Waals surface area contributed by atoms with Crippen molar-refractivity contribution < 1.29 is 9.90 Å². The van der Waals surface area contributed by atoms with Crippen molar-refractivity contribution in [1.82, 2.24) is 14.9 Å². The van der Waals surface area contributed by atoms with Crippen molar-refractivity contribution >= 4 is 17.9 Å². The van der Waals surface area contributed by atoms with E-state index >= 15 is 0 Å². The number of nitrogens with two attached hydrogens (primary N) is 1. The summed E-state index contributed by atoms with van der Waals surface area (Å²) in [5.41, 5.74) is 8.50. The van der Waals surface area contributed by atoms with Crippen LogP contribution < -0.4 is 10.6 Å². The highest BCUT2D eigenvalue weighted by molar-refractivity contribution is 5.65. The van der Waals surface area contributed by atoms with Gasteiger partial charge in [-0.25, -0.2) is 9.78 Å². The van der Waals surface area contributed by atoms with Gasteiger partial charge in [-0.3, -0.25) is 0 Å². The second kappa shape index (κ2) is 6.35. The molecule has 1 aromatic rings. The number of fused-ring (bicyclic) bond motifs is 3. The molecule has 7 heteroatoms. The fraction of sp³-hybridized carbons (Fsp3) is 0.722. The van der Waals surface area contributed by atoms with E-state index in [2.05, 4.69) is 14.9 Å². The summed E-state index contributed by atoms with van der Waals surface area (Å²) in [5, 5.41) is 9.23. The molecule has 25 heavy (non-hydrogen) atoms. The lowest BCUT2D eigenvalue weighted by molar-refractivity contribution is 0.142. The third kappa shape index (κ3) is 2.89. The summed E-state index contributed by atoms with van der Waals surface area (Å²) < 4.78 is 0. The topological polar surface area (TPSA) is 95.6 Å². The van der Waals surface area contributed by atoms with E-state index in [1.54, 1.807) is 7.05 Å². The number of rotatable bonds is 2. The molecule has 3 atom stereocenters. The van der Waals surface area contributed by atoms with E-state index in [0.29, 0.717) is 18.4 Å². The summed E-state index contributed by atoms with van der Waals surface area (Å²) in [5.74, 6) is 2.58. The van der Waals surface area contributed by atoms with Crippen molar-refractivity contribution in [3.05, 3.63) is 11.3 Å². The zero-order valence-corrected chi connectivity index (χ0v) is 14.8. The lowest BCUT2D eigenvalue weighted by Crippen LogP contribution is -2.38. The highest BCUT2D eigenvalue weighted by Crippen LogP contribution is 2.46. The van der Waals surface area contributed by atoms with Crippen molar-refractivity contribution in [1.29, 1.82) is 0 Å². The van der Waals surface area contributed by atoms with Gasteiger partial charge in [0.15, 0.2) is 0 Å². The molecule has 1 amide bonds. The molecule has 0 radical (unpaired) electrons. The first kappa shape index (κ1) is 16.4. The van der Waals surface area contributed by atoms with Gasteiger partial charge in [-0.05, 0) is 38.0 Å². The van der Waals surface area contributed by atoms with Crippen LogP contribution in [0.15, 0.2) is 0 Å². The zero-order valence-electron chi connectivity index (χ0n) is 14.8. The quantitative estimate of drug-likeness (QED) is 0.855. The number of likely N-dealkylation sites (N-methyl/N-ethyl adjacent to an activating group) is 1. The smallest absolute Gasteiger partial charge is 0.407 e. The van der Waals surface area contributed by atoms with Gasteiger partial charge >= 0.3 is 6.09 Å². The number of hydrogen-bond acceptors (Lipinski definition) is 5. The summed E-state index contributed by atoms with van der Waals surface area (Å²) in [4.78, 5) is 24.1. The molecule has 1 aliphatic heterocycles. The van der Waals surface area contributed by atoms with Crippen molar-refractivity contribution in [2.45, 2.75) is 56.9 Å². The number of anilines is 2. The third-order valence-corrected chi connectivity index (χ3v) is 6.37. The molecule has 136 valence electrons. The maximum Gasteiger partial charge on any atom is 0.407 e. The minimum Gasteiger partial charge on any atom is -0.465 e. The maximum absolute atomic E-state index is 11.2. The Morgan fingerprint density at radius 1 is 1.24 bits per heavy atom. The highest BCUT2D eigenvalue weighted by Gasteiger charge is 2.37. The molecule has 2 fully saturated rings. The van der Waals surface area contributed by atoms with Crippen LogP contribution in [0.4, 0.5) is 16.6 Å². The predicted octanol–water partition coefficient (Wildman–Crippen LogP) is 2.47. The zero-order chi connectivity index (χ0) is 17.6. The number of carboxylic acid groups (broad SMARTS) is 1. The second-order valence-electron chi connectivity index (χ2n) is 7.74. The van der Waals surface area contributed by atoms with Crippen molar-refractivity contribution in [2.24, 2.45) is 5.92 Å². The molecule has 1 aromatic heterocycles. The summed E-state index contributed by atoms with van der Waals surface area (Å²) in [6.45, 7) is 1.50. The van der Waals surface area contributed by atoms with Crippen molar-refractivity contribution in [3.8, 4) is 0 Å². The van der Waals surface area contributed by atoms with Gasteiger partial charge < -0.3 is 20.6 Å². The van der Waals surface area contributed by atoms with Crippen LogP contribution in [0.2, 0.25) is 0 Å². The standard InChI is InChI=1S/C18H27N5O2/c1-22(18(24)25)12-8-9-23(10-12)16-14-7-6-11-4-2-3-5-13(11)15(14)20-17(19)21-16/h11-13H,2-10H2,1H3,(H,24,25)(H2,19,20,21). The fourth-order valence-electron chi connectivity index (χ4n) is 4.96. The molecule has 3 N–H and O–H groups in total. The van der Waals surface area contributed by atoms with E-state index < -0.39 is 6.09 Å². The van der Waals surface area contributed by atoms with Gasteiger partial charge in [-0.1, -0.05) is 12.8 Å². The van der Waals surface area contributed by atoms with Crippen LogP contribution in [0, 0.1) is 5.92 Å². The van der Waals surface area contributed by atoms with E-state index in [-0.39, 0.29) is 6.04 Å². The first-order valence-electron chi connectivity index (χ1n) is 9.41. The van der Waals surface area contributed by atoms with Crippen LogP contribution in [0.5, 0.6) is 0 Å².